The maximum absolute atomic E-state index is 5.45. The first-order chi connectivity index (χ1) is 8.42. The van der Waals surface area contributed by atoms with Gasteiger partial charge in [0.1, 0.15) is 0 Å². The zero-order chi connectivity index (χ0) is 11.5. The summed E-state index contributed by atoms with van der Waals surface area (Å²) >= 11 is 0. The Morgan fingerprint density at radius 3 is 2.82 bits per heavy atom. The zero-order valence-corrected chi connectivity index (χ0v) is 10.6. The van der Waals surface area contributed by atoms with Gasteiger partial charge in [-0.25, -0.2) is 0 Å². The lowest BCUT2D eigenvalue weighted by molar-refractivity contribution is 0.0510. The fourth-order valence-corrected chi connectivity index (χ4v) is 3.44. The Bertz CT molecular complexity index is 265. The van der Waals surface area contributed by atoms with E-state index in [1.54, 1.807) is 0 Å². The Labute approximate surface area is 104 Å². The minimum Gasteiger partial charge on any atom is -0.378 e. The van der Waals surface area contributed by atoms with Crippen molar-refractivity contribution in [3.63, 3.8) is 0 Å². The van der Waals surface area contributed by atoms with Gasteiger partial charge in [-0.05, 0) is 44.7 Å². The van der Waals surface area contributed by atoms with Gasteiger partial charge in [-0.3, -0.25) is 0 Å². The SMILES string of the molecule is C(=C/C1COCCN1)/CC1CC2CCN1CC2. The molecule has 4 aliphatic rings. The first-order valence-electron chi connectivity index (χ1n) is 7.13. The lowest BCUT2D eigenvalue weighted by atomic mass is 9.82. The van der Waals surface area contributed by atoms with E-state index in [0.717, 1.165) is 31.7 Å². The number of hydrogen-bond donors (Lipinski definition) is 1. The average Bonchev–Trinajstić information content (AvgIpc) is 2.41. The fourth-order valence-electron chi connectivity index (χ4n) is 3.44. The number of morpholine rings is 1. The Morgan fingerprint density at radius 1 is 1.29 bits per heavy atom. The summed E-state index contributed by atoms with van der Waals surface area (Å²) in [4.78, 5) is 2.69. The van der Waals surface area contributed by atoms with E-state index >= 15 is 0 Å². The molecule has 0 aromatic heterocycles. The largest absolute Gasteiger partial charge is 0.378 e. The molecule has 0 aromatic carbocycles. The highest BCUT2D eigenvalue weighted by molar-refractivity contribution is 4.98. The van der Waals surface area contributed by atoms with Gasteiger partial charge in [0.05, 0.1) is 13.2 Å². The van der Waals surface area contributed by atoms with Crippen molar-refractivity contribution in [1.29, 1.82) is 0 Å². The van der Waals surface area contributed by atoms with Crippen molar-refractivity contribution in [2.24, 2.45) is 5.92 Å². The maximum atomic E-state index is 5.45. The molecular weight excluding hydrogens is 212 g/mol. The summed E-state index contributed by atoms with van der Waals surface area (Å²) in [5.41, 5.74) is 0. The molecule has 0 aromatic rings. The lowest BCUT2D eigenvalue weighted by Gasteiger charge is -2.45. The van der Waals surface area contributed by atoms with Gasteiger partial charge >= 0.3 is 0 Å². The second-order valence-corrected chi connectivity index (χ2v) is 5.67. The minimum atomic E-state index is 0.444. The van der Waals surface area contributed by atoms with Gasteiger partial charge < -0.3 is 15.0 Å². The second-order valence-electron chi connectivity index (χ2n) is 5.67. The molecule has 0 amide bonds. The van der Waals surface area contributed by atoms with Crippen molar-refractivity contribution in [1.82, 2.24) is 10.2 Å². The van der Waals surface area contributed by atoms with Crippen LogP contribution in [0.1, 0.15) is 25.7 Å². The van der Waals surface area contributed by atoms with Crippen molar-refractivity contribution in [2.45, 2.75) is 37.8 Å². The first kappa shape index (κ1) is 11.7. The Hall–Kier alpha value is -0.380. The van der Waals surface area contributed by atoms with Crippen LogP contribution in [-0.4, -0.2) is 49.8 Å². The third-order valence-corrected chi connectivity index (χ3v) is 4.50. The predicted molar refractivity (Wildman–Crippen MR) is 69.1 cm³/mol. The van der Waals surface area contributed by atoms with Crippen molar-refractivity contribution in [3.05, 3.63) is 12.2 Å². The van der Waals surface area contributed by atoms with Gasteiger partial charge in [0.2, 0.25) is 0 Å². The Kier molecular flexibility index (Phi) is 3.79. The van der Waals surface area contributed by atoms with Crippen LogP contribution < -0.4 is 5.32 Å². The van der Waals surface area contributed by atoms with Crippen LogP contribution in [-0.2, 0) is 4.74 Å². The minimum absolute atomic E-state index is 0.444. The number of piperidine rings is 3. The summed E-state index contributed by atoms with van der Waals surface area (Å²) < 4.78 is 5.45. The summed E-state index contributed by atoms with van der Waals surface area (Å²) in [5, 5.41) is 3.47. The van der Waals surface area contributed by atoms with Crippen LogP contribution in [0.4, 0.5) is 0 Å². The molecule has 4 heterocycles. The van der Waals surface area contributed by atoms with Crippen LogP contribution in [0.5, 0.6) is 0 Å². The smallest absolute Gasteiger partial charge is 0.0656 e. The summed E-state index contributed by atoms with van der Waals surface area (Å²) in [6.45, 7) is 5.38. The van der Waals surface area contributed by atoms with Crippen LogP contribution in [0.3, 0.4) is 0 Å². The van der Waals surface area contributed by atoms with Crippen molar-refractivity contribution >= 4 is 0 Å². The van der Waals surface area contributed by atoms with Crippen molar-refractivity contribution < 1.29 is 4.74 Å². The van der Waals surface area contributed by atoms with Gasteiger partial charge in [-0.2, -0.15) is 0 Å². The molecule has 4 rings (SSSR count). The van der Waals surface area contributed by atoms with Crippen LogP contribution in [0.25, 0.3) is 0 Å². The molecule has 0 saturated carbocycles. The molecule has 2 bridgehead atoms. The highest BCUT2D eigenvalue weighted by Crippen LogP contribution is 2.33. The second kappa shape index (κ2) is 5.51. The number of nitrogens with one attached hydrogen (secondary N) is 1. The highest BCUT2D eigenvalue weighted by Gasteiger charge is 2.32. The fraction of sp³-hybridized carbons (Fsp3) is 0.857. The molecule has 0 radical (unpaired) electrons. The third kappa shape index (κ3) is 2.90. The van der Waals surface area contributed by atoms with E-state index in [4.69, 9.17) is 4.74 Å². The molecule has 4 aliphatic heterocycles. The van der Waals surface area contributed by atoms with E-state index in [2.05, 4.69) is 22.4 Å². The summed E-state index contributed by atoms with van der Waals surface area (Å²) in [7, 11) is 0. The van der Waals surface area contributed by atoms with Gasteiger partial charge in [0.25, 0.3) is 0 Å². The number of fused-ring (bicyclic) bond motifs is 3. The molecule has 0 aliphatic carbocycles. The van der Waals surface area contributed by atoms with Crippen LogP contribution in [0, 0.1) is 5.92 Å². The third-order valence-electron chi connectivity index (χ3n) is 4.50. The molecule has 17 heavy (non-hydrogen) atoms. The molecule has 1 N–H and O–H groups in total. The standard InChI is InChI=1S/C14H24N2O/c1(2-13-11-17-9-6-15-13)3-14-10-12-4-7-16(14)8-5-12/h1-2,12-15H,3-11H2/b2-1-. The first-order valence-corrected chi connectivity index (χ1v) is 7.13. The monoisotopic (exact) mass is 236 g/mol. The molecular formula is C14H24N2O. The van der Waals surface area contributed by atoms with Crippen LogP contribution in [0.2, 0.25) is 0 Å². The summed E-state index contributed by atoms with van der Waals surface area (Å²) in [6.07, 6.45) is 10.2. The topological polar surface area (TPSA) is 24.5 Å². The molecule has 2 unspecified atom stereocenters. The van der Waals surface area contributed by atoms with E-state index in [-0.39, 0.29) is 0 Å². The van der Waals surface area contributed by atoms with E-state index < -0.39 is 0 Å². The molecule has 0 spiro atoms. The number of nitrogens with zero attached hydrogens (tertiary/aromatic N) is 1. The lowest BCUT2D eigenvalue weighted by Crippen LogP contribution is -2.48. The quantitative estimate of drug-likeness (QED) is 0.750. The Morgan fingerprint density at radius 2 is 2.18 bits per heavy atom. The van der Waals surface area contributed by atoms with Gasteiger partial charge in [-0.15, -0.1) is 0 Å². The van der Waals surface area contributed by atoms with Crippen molar-refractivity contribution in [2.75, 3.05) is 32.8 Å². The van der Waals surface area contributed by atoms with E-state index in [1.165, 1.54) is 38.8 Å². The maximum Gasteiger partial charge on any atom is 0.0656 e. The number of rotatable bonds is 3. The van der Waals surface area contributed by atoms with E-state index in [1.807, 2.05) is 0 Å². The molecule has 3 heteroatoms. The summed E-state index contributed by atoms with van der Waals surface area (Å²) in [5.74, 6) is 1.02. The van der Waals surface area contributed by atoms with Gasteiger partial charge in [0, 0.05) is 18.6 Å². The average molecular weight is 236 g/mol. The molecule has 4 saturated heterocycles. The predicted octanol–water partition coefficient (Wildman–Crippen LogP) is 1.41. The molecule has 4 fully saturated rings. The Balaban J connectivity index is 1.45. The zero-order valence-electron chi connectivity index (χ0n) is 10.6. The number of ether oxygens (including phenoxy) is 1. The molecule has 3 nitrogen and oxygen atoms in total. The van der Waals surface area contributed by atoms with Crippen LogP contribution >= 0.6 is 0 Å². The molecule has 2 atom stereocenters. The highest BCUT2D eigenvalue weighted by atomic mass is 16.5. The van der Waals surface area contributed by atoms with Gasteiger partial charge in [0.15, 0.2) is 0 Å². The van der Waals surface area contributed by atoms with E-state index in [0.29, 0.717) is 6.04 Å². The van der Waals surface area contributed by atoms with Crippen LogP contribution in [0.15, 0.2) is 12.2 Å². The summed E-state index contributed by atoms with van der Waals surface area (Å²) in [6, 6.07) is 1.27. The number of hydrogen-bond acceptors (Lipinski definition) is 3. The van der Waals surface area contributed by atoms with Gasteiger partial charge in [-0.1, -0.05) is 12.2 Å². The normalized spacial score (nSPS) is 42.1. The van der Waals surface area contributed by atoms with Crippen molar-refractivity contribution in [3.8, 4) is 0 Å². The molecule has 96 valence electrons. The van der Waals surface area contributed by atoms with E-state index in [9.17, 15) is 0 Å².